The topological polar surface area (TPSA) is 9.23 Å². The quantitative estimate of drug-likeness (QED) is 0.677. The van der Waals surface area contributed by atoms with E-state index in [0.717, 1.165) is 6.61 Å². The third kappa shape index (κ3) is 3.04. The monoisotopic (exact) mass is 170 g/mol. The van der Waals surface area contributed by atoms with E-state index in [0.29, 0.717) is 6.10 Å². The first-order valence-corrected chi connectivity index (χ1v) is 4.67. The molecule has 1 aromatic rings. The van der Waals surface area contributed by atoms with E-state index in [2.05, 4.69) is 32.9 Å². The van der Waals surface area contributed by atoms with Crippen LogP contribution in [0.2, 0.25) is 0 Å². The fraction of sp³-hybridized carbons (Fsp3) is 0.556. The number of ether oxygens (including phenoxy) is 1. The molecule has 0 N–H and O–H groups in total. The van der Waals surface area contributed by atoms with Crippen molar-refractivity contribution in [2.45, 2.75) is 33.5 Å². The maximum Gasteiger partial charge on any atom is 0.0812 e. The summed E-state index contributed by atoms with van der Waals surface area (Å²) in [7, 11) is 0. The Kier molecular flexibility index (Phi) is 3.09. The van der Waals surface area contributed by atoms with Gasteiger partial charge in [-0.2, -0.15) is 0 Å². The van der Waals surface area contributed by atoms with Crippen molar-refractivity contribution in [1.29, 1.82) is 0 Å². The molecule has 62 valence electrons. The minimum Gasteiger partial charge on any atom is -0.373 e. The Hall–Kier alpha value is -0.340. The van der Waals surface area contributed by atoms with Crippen molar-refractivity contribution in [3.63, 3.8) is 0 Å². The van der Waals surface area contributed by atoms with Gasteiger partial charge in [-0.25, -0.2) is 0 Å². The van der Waals surface area contributed by atoms with Gasteiger partial charge in [-0.3, -0.25) is 0 Å². The molecule has 0 saturated heterocycles. The van der Waals surface area contributed by atoms with Crippen molar-refractivity contribution < 1.29 is 4.74 Å². The van der Waals surface area contributed by atoms with Gasteiger partial charge in [-0.1, -0.05) is 0 Å². The second-order valence-corrected chi connectivity index (χ2v) is 4.24. The lowest BCUT2D eigenvalue weighted by Crippen LogP contribution is -2.00. The molecular weight excluding hydrogens is 156 g/mol. The fourth-order valence-electron chi connectivity index (χ4n) is 0.811. The highest BCUT2D eigenvalue weighted by atomic mass is 32.1. The van der Waals surface area contributed by atoms with Gasteiger partial charge in [0.2, 0.25) is 0 Å². The minimum absolute atomic E-state index is 0.331. The van der Waals surface area contributed by atoms with Crippen molar-refractivity contribution in [3.8, 4) is 0 Å². The smallest absolute Gasteiger partial charge is 0.0812 e. The highest BCUT2D eigenvalue weighted by molar-refractivity contribution is 7.11. The molecule has 1 nitrogen and oxygen atoms in total. The molecule has 0 aliphatic rings. The molecule has 0 unspecified atom stereocenters. The lowest BCUT2D eigenvalue weighted by Gasteiger charge is -2.04. The summed E-state index contributed by atoms with van der Waals surface area (Å²) < 4.78 is 5.45. The van der Waals surface area contributed by atoms with Crippen LogP contribution in [0.25, 0.3) is 0 Å². The molecule has 1 heterocycles. The molecule has 0 spiro atoms. The number of hydrogen-bond acceptors (Lipinski definition) is 2. The van der Waals surface area contributed by atoms with Crippen LogP contribution in [-0.2, 0) is 11.3 Å². The van der Waals surface area contributed by atoms with E-state index in [9.17, 15) is 0 Å². The van der Waals surface area contributed by atoms with Crippen molar-refractivity contribution in [2.75, 3.05) is 0 Å². The molecular formula is C9H14OS. The third-order valence-corrected chi connectivity index (χ3v) is 2.33. The molecule has 0 radical (unpaired) electrons. The molecule has 0 aromatic carbocycles. The van der Waals surface area contributed by atoms with Crippen LogP contribution in [0.1, 0.15) is 23.6 Å². The van der Waals surface area contributed by atoms with Crippen molar-refractivity contribution in [2.24, 2.45) is 0 Å². The Morgan fingerprint density at radius 2 is 2.18 bits per heavy atom. The van der Waals surface area contributed by atoms with Crippen LogP contribution in [0.15, 0.2) is 12.1 Å². The van der Waals surface area contributed by atoms with E-state index in [4.69, 9.17) is 4.74 Å². The highest BCUT2D eigenvalue weighted by Crippen LogP contribution is 2.16. The molecule has 0 aliphatic carbocycles. The maximum absolute atomic E-state index is 5.45. The summed E-state index contributed by atoms with van der Waals surface area (Å²) in [5, 5.41) is 0. The summed E-state index contributed by atoms with van der Waals surface area (Å²) in [6, 6.07) is 4.26. The van der Waals surface area contributed by atoms with Crippen LogP contribution in [0.4, 0.5) is 0 Å². The molecule has 0 bridgehead atoms. The summed E-state index contributed by atoms with van der Waals surface area (Å²) in [4.78, 5) is 2.67. The van der Waals surface area contributed by atoms with Crippen molar-refractivity contribution in [3.05, 3.63) is 21.9 Å². The number of hydrogen-bond donors (Lipinski definition) is 0. The molecule has 11 heavy (non-hydrogen) atoms. The largest absolute Gasteiger partial charge is 0.373 e. The predicted molar refractivity (Wildman–Crippen MR) is 49.0 cm³/mol. The standard InChI is InChI=1S/C9H14OS/c1-7(2)10-6-9-5-4-8(3)11-9/h4-5,7H,6H2,1-3H3. The summed E-state index contributed by atoms with van der Waals surface area (Å²) in [5.74, 6) is 0. The second kappa shape index (κ2) is 3.88. The van der Waals surface area contributed by atoms with Crippen LogP contribution < -0.4 is 0 Å². The minimum atomic E-state index is 0.331. The summed E-state index contributed by atoms with van der Waals surface area (Å²) in [6.45, 7) is 6.99. The first-order chi connectivity index (χ1) is 5.18. The lowest BCUT2D eigenvalue weighted by atomic mass is 10.4. The maximum atomic E-state index is 5.45. The van der Waals surface area contributed by atoms with Gasteiger partial charge in [0.25, 0.3) is 0 Å². The number of thiophene rings is 1. The zero-order valence-corrected chi connectivity index (χ0v) is 8.07. The van der Waals surface area contributed by atoms with Gasteiger partial charge in [0.15, 0.2) is 0 Å². The molecule has 0 atom stereocenters. The average molecular weight is 170 g/mol. The Labute approximate surface area is 72.0 Å². The normalized spacial score (nSPS) is 10.9. The Bertz CT molecular complexity index is 215. The number of rotatable bonds is 3. The summed E-state index contributed by atoms with van der Waals surface area (Å²) in [6.07, 6.45) is 0.331. The zero-order valence-electron chi connectivity index (χ0n) is 7.26. The first kappa shape index (κ1) is 8.75. The SMILES string of the molecule is Cc1ccc(COC(C)C)s1. The van der Waals surface area contributed by atoms with E-state index in [1.54, 1.807) is 11.3 Å². The summed E-state index contributed by atoms with van der Waals surface area (Å²) >= 11 is 1.80. The van der Waals surface area contributed by atoms with Gasteiger partial charge in [0, 0.05) is 9.75 Å². The van der Waals surface area contributed by atoms with Crippen LogP contribution in [-0.4, -0.2) is 6.10 Å². The van der Waals surface area contributed by atoms with E-state index in [1.165, 1.54) is 9.75 Å². The van der Waals surface area contributed by atoms with Gasteiger partial charge in [-0.05, 0) is 32.9 Å². The van der Waals surface area contributed by atoms with Gasteiger partial charge >= 0.3 is 0 Å². The van der Waals surface area contributed by atoms with Crippen LogP contribution in [0.3, 0.4) is 0 Å². The second-order valence-electron chi connectivity index (χ2n) is 2.87. The Balaban J connectivity index is 2.39. The first-order valence-electron chi connectivity index (χ1n) is 3.85. The van der Waals surface area contributed by atoms with Crippen LogP contribution in [0, 0.1) is 6.92 Å². The van der Waals surface area contributed by atoms with Crippen LogP contribution in [0.5, 0.6) is 0 Å². The van der Waals surface area contributed by atoms with Gasteiger partial charge in [-0.15, -0.1) is 11.3 Å². The molecule has 1 rings (SSSR count). The van der Waals surface area contributed by atoms with E-state index < -0.39 is 0 Å². The average Bonchev–Trinajstić information content (AvgIpc) is 2.31. The Morgan fingerprint density at radius 3 is 2.64 bits per heavy atom. The zero-order chi connectivity index (χ0) is 8.27. The molecule has 2 heteroatoms. The third-order valence-electron chi connectivity index (χ3n) is 1.35. The van der Waals surface area contributed by atoms with E-state index in [-0.39, 0.29) is 0 Å². The molecule has 0 fully saturated rings. The fourth-order valence-corrected chi connectivity index (χ4v) is 1.62. The molecule has 0 amide bonds. The molecule has 1 aromatic heterocycles. The number of aryl methyl sites for hydroxylation is 1. The summed E-state index contributed by atoms with van der Waals surface area (Å²) in [5.41, 5.74) is 0. The van der Waals surface area contributed by atoms with Gasteiger partial charge in [0.1, 0.15) is 0 Å². The molecule has 0 aliphatic heterocycles. The van der Waals surface area contributed by atoms with Crippen molar-refractivity contribution in [1.82, 2.24) is 0 Å². The predicted octanol–water partition coefficient (Wildman–Crippen LogP) is 2.98. The van der Waals surface area contributed by atoms with Crippen LogP contribution >= 0.6 is 11.3 Å². The highest BCUT2D eigenvalue weighted by Gasteiger charge is 1.97. The van der Waals surface area contributed by atoms with E-state index in [1.807, 2.05) is 0 Å². The van der Waals surface area contributed by atoms with Gasteiger partial charge in [0.05, 0.1) is 12.7 Å². The lowest BCUT2D eigenvalue weighted by molar-refractivity contribution is 0.0674. The molecule has 0 saturated carbocycles. The van der Waals surface area contributed by atoms with Gasteiger partial charge < -0.3 is 4.74 Å². The van der Waals surface area contributed by atoms with Crippen molar-refractivity contribution >= 4 is 11.3 Å². The Morgan fingerprint density at radius 1 is 1.45 bits per heavy atom. The van der Waals surface area contributed by atoms with E-state index >= 15 is 0 Å².